The van der Waals surface area contributed by atoms with Crippen LogP contribution < -0.4 is 4.74 Å². The summed E-state index contributed by atoms with van der Waals surface area (Å²) in [6, 6.07) is 13.1. The molecule has 0 unspecified atom stereocenters. The van der Waals surface area contributed by atoms with Crippen molar-refractivity contribution >= 4 is 11.6 Å². The highest BCUT2D eigenvalue weighted by molar-refractivity contribution is 6.04. The highest BCUT2D eigenvalue weighted by atomic mass is 16.5. The third kappa shape index (κ3) is 4.04. The van der Waals surface area contributed by atoms with Crippen molar-refractivity contribution in [3.63, 3.8) is 0 Å². The molecule has 2 aromatic rings. The molecule has 0 radical (unpaired) electrons. The number of benzene rings is 2. The van der Waals surface area contributed by atoms with Gasteiger partial charge in [-0.3, -0.25) is 9.59 Å². The molecule has 0 bridgehead atoms. The van der Waals surface area contributed by atoms with Crippen molar-refractivity contribution in [2.45, 2.75) is 57.0 Å². The topological polar surface area (TPSA) is 83.8 Å². The number of fused-ring (bicyclic) bond motifs is 1. The van der Waals surface area contributed by atoms with E-state index in [1.807, 2.05) is 36.4 Å². The van der Waals surface area contributed by atoms with Crippen LogP contribution in [0.3, 0.4) is 0 Å². The molecule has 31 heavy (non-hydrogen) atoms. The largest absolute Gasteiger partial charge is 0.491 e. The number of carbonyl (C=O) groups excluding carboxylic acids is 2. The predicted octanol–water partition coefficient (Wildman–Crippen LogP) is 4.07. The Bertz CT molecular complexity index is 959. The Morgan fingerprint density at radius 3 is 2.42 bits per heavy atom. The van der Waals surface area contributed by atoms with Gasteiger partial charge in [-0.2, -0.15) is 0 Å². The molecule has 1 aliphatic heterocycles. The molecule has 1 heterocycles. The summed E-state index contributed by atoms with van der Waals surface area (Å²) in [7, 11) is 0. The lowest BCUT2D eigenvalue weighted by atomic mass is 9.75. The van der Waals surface area contributed by atoms with Gasteiger partial charge in [-0.25, -0.2) is 0 Å². The second-order valence-electron chi connectivity index (χ2n) is 8.87. The van der Waals surface area contributed by atoms with Crippen molar-refractivity contribution in [2.24, 2.45) is 5.92 Å². The quantitative estimate of drug-likeness (QED) is 0.657. The van der Waals surface area contributed by atoms with Gasteiger partial charge in [0.15, 0.2) is 11.6 Å². The van der Waals surface area contributed by atoms with E-state index in [0.717, 1.165) is 31.2 Å². The molecule has 1 atom stereocenters. The molecule has 0 spiro atoms. The first-order chi connectivity index (χ1) is 15.0. The van der Waals surface area contributed by atoms with Gasteiger partial charge in [0, 0.05) is 24.0 Å². The van der Waals surface area contributed by atoms with Gasteiger partial charge < -0.3 is 14.9 Å². The minimum Gasteiger partial charge on any atom is -0.491 e. The summed E-state index contributed by atoms with van der Waals surface area (Å²) in [5, 5.41) is 20.2. The highest BCUT2D eigenvalue weighted by Gasteiger charge is 2.44. The molecule has 0 saturated heterocycles. The van der Waals surface area contributed by atoms with E-state index < -0.39 is 5.41 Å². The Balaban J connectivity index is 1.75. The number of aliphatic hydroxyl groups excluding tert-OH is 2. The SMILES string of the molecule is CCC(=O)c1cc(C(=O)CC2CCC(O)CC2)cc2c1OC[C@@]2(CO)c1ccccc1. The Morgan fingerprint density at radius 2 is 1.77 bits per heavy atom. The van der Waals surface area contributed by atoms with Crippen molar-refractivity contribution in [1.82, 2.24) is 0 Å². The Hall–Kier alpha value is -2.50. The zero-order valence-electron chi connectivity index (χ0n) is 18.0. The van der Waals surface area contributed by atoms with Gasteiger partial charge in [0.05, 0.1) is 23.7 Å². The molecule has 2 aliphatic rings. The fraction of sp³-hybridized carbons (Fsp3) is 0.462. The van der Waals surface area contributed by atoms with Crippen LogP contribution in [-0.4, -0.2) is 41.1 Å². The van der Waals surface area contributed by atoms with Gasteiger partial charge in [-0.05, 0) is 49.3 Å². The van der Waals surface area contributed by atoms with Crippen molar-refractivity contribution in [3.05, 3.63) is 64.7 Å². The van der Waals surface area contributed by atoms with E-state index in [-0.39, 0.29) is 36.8 Å². The summed E-state index contributed by atoms with van der Waals surface area (Å²) in [5.74, 6) is 0.666. The molecule has 1 aliphatic carbocycles. The standard InChI is InChI=1S/C26H30O5/c1-2-23(29)21-13-18(24(30)12-17-8-10-20(28)11-9-17)14-22-25(21)31-16-26(22,15-27)19-6-4-3-5-7-19/h3-7,13-14,17,20,27-28H,2,8-12,15-16H2,1H3/t17?,20?,26-/m0/s1. The molecular formula is C26H30O5. The summed E-state index contributed by atoms with van der Waals surface area (Å²) >= 11 is 0. The molecule has 0 amide bonds. The maximum Gasteiger partial charge on any atom is 0.166 e. The zero-order chi connectivity index (χ0) is 22.0. The third-order valence-electron chi connectivity index (χ3n) is 6.90. The van der Waals surface area contributed by atoms with Crippen molar-refractivity contribution in [3.8, 4) is 5.75 Å². The highest BCUT2D eigenvalue weighted by Crippen LogP contribution is 2.46. The maximum absolute atomic E-state index is 13.2. The lowest BCUT2D eigenvalue weighted by Gasteiger charge is -2.27. The Morgan fingerprint density at radius 1 is 1.06 bits per heavy atom. The van der Waals surface area contributed by atoms with Crippen LogP contribution in [0.15, 0.2) is 42.5 Å². The van der Waals surface area contributed by atoms with Crippen LogP contribution in [0.25, 0.3) is 0 Å². The van der Waals surface area contributed by atoms with Gasteiger partial charge in [-0.15, -0.1) is 0 Å². The first-order valence-electron chi connectivity index (χ1n) is 11.2. The van der Waals surface area contributed by atoms with Crippen molar-refractivity contribution in [1.29, 1.82) is 0 Å². The average Bonchev–Trinajstić information content (AvgIpc) is 3.19. The first kappa shape index (κ1) is 21.7. The second kappa shape index (κ2) is 8.93. The third-order valence-corrected chi connectivity index (χ3v) is 6.90. The molecule has 1 fully saturated rings. The fourth-order valence-corrected chi connectivity index (χ4v) is 4.92. The molecule has 1 saturated carbocycles. The molecule has 164 valence electrons. The predicted molar refractivity (Wildman–Crippen MR) is 118 cm³/mol. The summed E-state index contributed by atoms with van der Waals surface area (Å²) in [6.45, 7) is 1.84. The Labute approximate surface area is 183 Å². The molecular weight excluding hydrogens is 392 g/mol. The van der Waals surface area contributed by atoms with E-state index in [1.54, 1.807) is 13.0 Å². The number of ketones is 2. The van der Waals surface area contributed by atoms with Gasteiger partial charge in [-0.1, -0.05) is 37.3 Å². The summed E-state index contributed by atoms with van der Waals surface area (Å²) < 4.78 is 5.99. The van der Waals surface area contributed by atoms with E-state index in [0.29, 0.717) is 35.3 Å². The molecule has 0 aromatic heterocycles. The van der Waals surface area contributed by atoms with Gasteiger partial charge in [0.1, 0.15) is 12.4 Å². The molecule has 5 nitrogen and oxygen atoms in total. The zero-order valence-corrected chi connectivity index (χ0v) is 18.0. The van der Waals surface area contributed by atoms with Crippen molar-refractivity contribution < 1.29 is 24.5 Å². The second-order valence-corrected chi connectivity index (χ2v) is 8.87. The van der Waals surface area contributed by atoms with E-state index >= 15 is 0 Å². The number of aliphatic hydroxyl groups is 2. The van der Waals surface area contributed by atoms with Crippen LogP contribution in [0.5, 0.6) is 5.75 Å². The van der Waals surface area contributed by atoms with Gasteiger partial charge in [0.2, 0.25) is 0 Å². The maximum atomic E-state index is 13.2. The van der Waals surface area contributed by atoms with Crippen LogP contribution in [-0.2, 0) is 5.41 Å². The summed E-state index contributed by atoms with van der Waals surface area (Å²) in [5.41, 5.74) is 1.74. The molecule has 4 rings (SSSR count). The van der Waals surface area contributed by atoms with Gasteiger partial charge >= 0.3 is 0 Å². The minimum atomic E-state index is -0.801. The van der Waals surface area contributed by atoms with Crippen LogP contribution in [0.1, 0.15) is 77.3 Å². The first-order valence-corrected chi connectivity index (χ1v) is 11.2. The lowest BCUT2D eigenvalue weighted by molar-refractivity contribution is 0.0859. The smallest absolute Gasteiger partial charge is 0.166 e. The van der Waals surface area contributed by atoms with Crippen LogP contribution in [0.4, 0.5) is 0 Å². The fourth-order valence-electron chi connectivity index (χ4n) is 4.92. The number of carbonyl (C=O) groups is 2. The monoisotopic (exact) mass is 422 g/mol. The molecule has 2 aromatic carbocycles. The average molecular weight is 423 g/mol. The van der Waals surface area contributed by atoms with Crippen LogP contribution >= 0.6 is 0 Å². The molecule has 2 N–H and O–H groups in total. The van der Waals surface area contributed by atoms with E-state index in [1.165, 1.54) is 0 Å². The summed E-state index contributed by atoms with van der Waals surface area (Å²) in [6.07, 6.45) is 3.61. The van der Waals surface area contributed by atoms with Gasteiger partial charge in [0.25, 0.3) is 0 Å². The minimum absolute atomic E-state index is 0.00106. The van der Waals surface area contributed by atoms with Crippen molar-refractivity contribution in [2.75, 3.05) is 13.2 Å². The number of hydrogen-bond acceptors (Lipinski definition) is 5. The van der Waals surface area contributed by atoms with E-state index in [4.69, 9.17) is 4.74 Å². The lowest BCUT2D eigenvalue weighted by Crippen LogP contribution is -2.34. The number of ether oxygens (including phenoxy) is 1. The number of Topliss-reactive ketones (excluding diaryl/α,β-unsaturated/α-hetero) is 2. The van der Waals surface area contributed by atoms with Crippen LogP contribution in [0.2, 0.25) is 0 Å². The Kier molecular flexibility index (Phi) is 6.26. The van der Waals surface area contributed by atoms with E-state index in [2.05, 4.69) is 0 Å². The molecule has 5 heteroatoms. The summed E-state index contributed by atoms with van der Waals surface area (Å²) in [4.78, 5) is 25.9. The normalized spacial score (nSPS) is 25.0. The van der Waals surface area contributed by atoms with E-state index in [9.17, 15) is 19.8 Å². The van der Waals surface area contributed by atoms with Crippen LogP contribution in [0, 0.1) is 5.92 Å². The number of rotatable bonds is 7. The number of hydrogen-bond donors (Lipinski definition) is 2.